The summed E-state index contributed by atoms with van der Waals surface area (Å²) in [4.78, 5) is 16.0. The van der Waals surface area contributed by atoms with Crippen molar-refractivity contribution >= 4 is 23.1 Å². The fourth-order valence-electron chi connectivity index (χ4n) is 2.21. The van der Waals surface area contributed by atoms with E-state index in [0.717, 1.165) is 16.7 Å². The van der Waals surface area contributed by atoms with E-state index in [1.54, 1.807) is 0 Å². The predicted molar refractivity (Wildman–Crippen MR) is 81.8 cm³/mol. The van der Waals surface area contributed by atoms with Gasteiger partial charge in [-0.05, 0) is 31.2 Å². The van der Waals surface area contributed by atoms with E-state index in [4.69, 9.17) is 0 Å². The Labute approximate surface area is 122 Å². The number of para-hydroxylation sites is 2. The van der Waals surface area contributed by atoms with E-state index >= 15 is 0 Å². The van der Waals surface area contributed by atoms with Crippen molar-refractivity contribution in [1.29, 1.82) is 0 Å². The van der Waals surface area contributed by atoms with E-state index in [-0.39, 0.29) is 0 Å². The van der Waals surface area contributed by atoms with E-state index in [9.17, 15) is 4.79 Å². The molecule has 0 atom stereocenters. The second kappa shape index (κ2) is 5.28. The zero-order valence-corrected chi connectivity index (χ0v) is 11.8. The standard InChI is InChI=1S/C16H15N3O2/c1-11-7-9-12(10-8-11)19-14-6-4-3-5-13(14)17-15(19)18-16(20)21-2/h3-10H,1-2H3,(H,17,18,20). The van der Waals surface area contributed by atoms with E-state index in [2.05, 4.69) is 15.0 Å². The molecule has 2 aromatic carbocycles. The summed E-state index contributed by atoms with van der Waals surface area (Å²) < 4.78 is 6.55. The summed E-state index contributed by atoms with van der Waals surface area (Å²) in [5.41, 5.74) is 3.84. The van der Waals surface area contributed by atoms with Gasteiger partial charge in [0.05, 0.1) is 18.1 Å². The second-order valence-corrected chi connectivity index (χ2v) is 4.71. The molecular weight excluding hydrogens is 266 g/mol. The highest BCUT2D eigenvalue weighted by Gasteiger charge is 2.14. The molecule has 1 N–H and O–H groups in total. The van der Waals surface area contributed by atoms with Gasteiger partial charge in [-0.3, -0.25) is 9.88 Å². The fraction of sp³-hybridized carbons (Fsp3) is 0.125. The Balaban J connectivity index is 2.19. The number of fused-ring (bicyclic) bond motifs is 1. The minimum atomic E-state index is -0.543. The highest BCUT2D eigenvalue weighted by atomic mass is 16.5. The average molecular weight is 281 g/mol. The predicted octanol–water partition coefficient (Wildman–Crippen LogP) is 3.51. The van der Waals surface area contributed by atoms with Crippen LogP contribution < -0.4 is 5.32 Å². The smallest absolute Gasteiger partial charge is 0.413 e. The summed E-state index contributed by atoms with van der Waals surface area (Å²) in [5, 5.41) is 2.65. The Morgan fingerprint density at radius 3 is 2.57 bits per heavy atom. The largest absolute Gasteiger partial charge is 0.453 e. The van der Waals surface area contributed by atoms with Gasteiger partial charge in [0.2, 0.25) is 5.95 Å². The van der Waals surface area contributed by atoms with Crippen molar-refractivity contribution in [1.82, 2.24) is 9.55 Å². The van der Waals surface area contributed by atoms with Crippen molar-refractivity contribution in [2.24, 2.45) is 0 Å². The zero-order valence-electron chi connectivity index (χ0n) is 11.8. The van der Waals surface area contributed by atoms with Crippen molar-refractivity contribution in [3.63, 3.8) is 0 Å². The lowest BCUT2D eigenvalue weighted by atomic mass is 10.2. The van der Waals surface area contributed by atoms with Crippen molar-refractivity contribution < 1.29 is 9.53 Å². The Kier molecular flexibility index (Phi) is 3.31. The van der Waals surface area contributed by atoms with Crippen LogP contribution in [0.5, 0.6) is 0 Å². The van der Waals surface area contributed by atoms with Crippen molar-refractivity contribution in [2.75, 3.05) is 12.4 Å². The number of nitrogens with zero attached hydrogens (tertiary/aromatic N) is 2. The molecule has 0 unspecified atom stereocenters. The number of carbonyl (C=O) groups is 1. The summed E-state index contributed by atoms with van der Waals surface area (Å²) >= 11 is 0. The topological polar surface area (TPSA) is 56.1 Å². The van der Waals surface area contributed by atoms with Gasteiger partial charge in [0, 0.05) is 5.69 Å². The maximum atomic E-state index is 11.5. The average Bonchev–Trinajstić information content (AvgIpc) is 2.86. The lowest BCUT2D eigenvalue weighted by Crippen LogP contribution is -2.14. The van der Waals surface area contributed by atoms with Crippen LogP contribution in [0.15, 0.2) is 48.5 Å². The van der Waals surface area contributed by atoms with Crippen LogP contribution in [0.1, 0.15) is 5.56 Å². The Hall–Kier alpha value is -2.82. The number of aryl methyl sites for hydroxylation is 1. The number of imidazole rings is 1. The molecule has 3 aromatic rings. The first-order valence-electron chi connectivity index (χ1n) is 6.58. The highest BCUT2D eigenvalue weighted by molar-refractivity contribution is 5.88. The first-order valence-corrected chi connectivity index (χ1v) is 6.58. The molecule has 0 aliphatic carbocycles. The normalized spacial score (nSPS) is 10.6. The molecule has 0 saturated heterocycles. The maximum Gasteiger partial charge on any atom is 0.413 e. The first kappa shape index (κ1) is 13.2. The van der Waals surface area contributed by atoms with Gasteiger partial charge < -0.3 is 4.74 Å². The minimum Gasteiger partial charge on any atom is -0.453 e. The van der Waals surface area contributed by atoms with Crippen LogP contribution in [0.3, 0.4) is 0 Å². The van der Waals surface area contributed by atoms with Gasteiger partial charge in [-0.2, -0.15) is 0 Å². The Morgan fingerprint density at radius 1 is 1.14 bits per heavy atom. The quantitative estimate of drug-likeness (QED) is 0.782. The third-order valence-corrected chi connectivity index (χ3v) is 3.25. The van der Waals surface area contributed by atoms with Gasteiger partial charge in [-0.25, -0.2) is 9.78 Å². The van der Waals surface area contributed by atoms with Gasteiger partial charge in [0.1, 0.15) is 0 Å². The number of carbonyl (C=O) groups excluding carboxylic acids is 1. The summed E-state index contributed by atoms with van der Waals surface area (Å²) in [5.74, 6) is 0.437. The molecule has 21 heavy (non-hydrogen) atoms. The molecule has 0 bridgehead atoms. The molecule has 0 aliphatic rings. The van der Waals surface area contributed by atoms with Crippen LogP contribution in [0.2, 0.25) is 0 Å². The molecule has 1 heterocycles. The van der Waals surface area contributed by atoms with Gasteiger partial charge in [-0.1, -0.05) is 29.8 Å². The van der Waals surface area contributed by atoms with E-state index in [1.165, 1.54) is 12.7 Å². The van der Waals surface area contributed by atoms with E-state index in [0.29, 0.717) is 5.95 Å². The van der Waals surface area contributed by atoms with Crippen LogP contribution in [-0.2, 0) is 4.74 Å². The number of benzene rings is 2. The molecular formula is C16H15N3O2. The highest BCUT2D eigenvalue weighted by Crippen LogP contribution is 2.24. The molecule has 1 amide bonds. The number of ether oxygens (including phenoxy) is 1. The number of nitrogens with one attached hydrogen (secondary N) is 1. The summed E-state index contributed by atoms with van der Waals surface area (Å²) in [7, 11) is 1.33. The van der Waals surface area contributed by atoms with Crippen LogP contribution >= 0.6 is 0 Å². The lowest BCUT2D eigenvalue weighted by Gasteiger charge is -2.09. The number of rotatable bonds is 2. The monoisotopic (exact) mass is 281 g/mol. The molecule has 0 aliphatic heterocycles. The molecule has 0 radical (unpaired) electrons. The van der Waals surface area contributed by atoms with Crippen molar-refractivity contribution in [2.45, 2.75) is 6.92 Å². The van der Waals surface area contributed by atoms with Crippen LogP contribution in [0.4, 0.5) is 10.7 Å². The molecule has 5 heteroatoms. The number of amides is 1. The van der Waals surface area contributed by atoms with Gasteiger partial charge >= 0.3 is 6.09 Å². The first-order chi connectivity index (χ1) is 10.2. The molecule has 106 valence electrons. The number of hydrogen-bond acceptors (Lipinski definition) is 3. The molecule has 0 saturated carbocycles. The summed E-state index contributed by atoms with van der Waals surface area (Å²) in [6.07, 6.45) is -0.543. The fourth-order valence-corrected chi connectivity index (χ4v) is 2.21. The van der Waals surface area contributed by atoms with Crippen molar-refractivity contribution in [3.8, 4) is 5.69 Å². The molecule has 5 nitrogen and oxygen atoms in total. The van der Waals surface area contributed by atoms with Crippen LogP contribution in [-0.4, -0.2) is 22.8 Å². The zero-order chi connectivity index (χ0) is 14.8. The number of anilines is 1. The third kappa shape index (κ3) is 2.45. The van der Waals surface area contributed by atoms with Crippen molar-refractivity contribution in [3.05, 3.63) is 54.1 Å². The Morgan fingerprint density at radius 2 is 1.86 bits per heavy atom. The SMILES string of the molecule is COC(=O)Nc1nc2ccccc2n1-c1ccc(C)cc1. The minimum absolute atomic E-state index is 0.437. The number of aromatic nitrogens is 2. The maximum absolute atomic E-state index is 11.5. The Bertz CT molecular complexity index is 791. The molecule has 0 spiro atoms. The number of hydrogen-bond donors (Lipinski definition) is 1. The van der Waals surface area contributed by atoms with Gasteiger partial charge in [0.15, 0.2) is 0 Å². The third-order valence-electron chi connectivity index (χ3n) is 3.25. The van der Waals surface area contributed by atoms with E-state index in [1.807, 2.05) is 60.0 Å². The summed E-state index contributed by atoms with van der Waals surface area (Å²) in [6.45, 7) is 2.03. The van der Waals surface area contributed by atoms with Gasteiger partial charge in [0.25, 0.3) is 0 Å². The van der Waals surface area contributed by atoms with E-state index < -0.39 is 6.09 Å². The van der Waals surface area contributed by atoms with Crippen LogP contribution in [0, 0.1) is 6.92 Å². The molecule has 3 rings (SSSR count). The lowest BCUT2D eigenvalue weighted by molar-refractivity contribution is 0.186. The summed E-state index contributed by atoms with van der Waals surface area (Å²) in [6, 6.07) is 15.7. The second-order valence-electron chi connectivity index (χ2n) is 4.71. The van der Waals surface area contributed by atoms with Crippen LogP contribution in [0.25, 0.3) is 16.7 Å². The molecule has 1 aromatic heterocycles. The number of methoxy groups -OCH3 is 1. The van der Waals surface area contributed by atoms with Gasteiger partial charge in [-0.15, -0.1) is 0 Å². The molecule has 0 fully saturated rings.